The van der Waals surface area contributed by atoms with E-state index in [1.165, 1.54) is 23.3 Å². The zero-order valence-electron chi connectivity index (χ0n) is 15.3. The molecule has 0 heterocycles. The van der Waals surface area contributed by atoms with E-state index in [0.717, 1.165) is 5.56 Å². The highest BCUT2D eigenvalue weighted by Gasteiger charge is 2.09. The first kappa shape index (κ1) is 21.8. The van der Waals surface area contributed by atoms with Gasteiger partial charge in [0.15, 0.2) is 6.61 Å². The van der Waals surface area contributed by atoms with Crippen LogP contribution in [0.25, 0.3) is 0 Å². The molecule has 4 nitrogen and oxygen atoms in total. The predicted molar refractivity (Wildman–Crippen MR) is 113 cm³/mol. The van der Waals surface area contributed by atoms with E-state index in [0.29, 0.717) is 15.8 Å². The highest BCUT2D eigenvalue weighted by molar-refractivity contribution is 6.35. The third-order valence-electron chi connectivity index (χ3n) is 3.93. The van der Waals surface area contributed by atoms with Crippen LogP contribution in [-0.4, -0.2) is 17.7 Å². The third kappa shape index (κ3) is 6.57. The van der Waals surface area contributed by atoms with Crippen molar-refractivity contribution in [3.63, 3.8) is 0 Å². The molecular weight excluding hydrogens is 397 g/mol. The Labute approximate surface area is 174 Å². The van der Waals surface area contributed by atoms with Crippen molar-refractivity contribution in [1.82, 2.24) is 0 Å². The fraction of sp³-hybridized carbons (Fsp3) is 0.136. The normalized spacial score (nSPS) is 11.1. The zero-order chi connectivity index (χ0) is 20.5. The fourth-order valence-electron chi connectivity index (χ4n) is 2.51. The summed E-state index contributed by atoms with van der Waals surface area (Å²) in [6.45, 7) is 1.68. The van der Waals surface area contributed by atoms with Gasteiger partial charge in [0.25, 0.3) is 0 Å². The molecule has 0 aliphatic heterocycles. The Morgan fingerprint density at radius 2 is 1.68 bits per heavy atom. The van der Waals surface area contributed by atoms with Crippen molar-refractivity contribution in [3.8, 4) is 5.75 Å². The van der Waals surface area contributed by atoms with Crippen molar-refractivity contribution in [2.45, 2.75) is 13.0 Å². The largest absolute Gasteiger partial charge is 0.480 e. The number of carboxylic acids is 1. The van der Waals surface area contributed by atoms with Crippen LogP contribution in [0.1, 0.15) is 22.7 Å². The van der Waals surface area contributed by atoms with Crippen LogP contribution in [-0.2, 0) is 4.79 Å². The number of nitrogens with two attached hydrogens (primary N) is 1. The van der Waals surface area contributed by atoms with E-state index < -0.39 is 12.6 Å². The van der Waals surface area contributed by atoms with Crippen LogP contribution in [0, 0.1) is 6.92 Å². The first-order valence-electron chi connectivity index (χ1n) is 8.54. The first-order valence-corrected chi connectivity index (χ1v) is 9.29. The minimum Gasteiger partial charge on any atom is -0.480 e. The Balaban J connectivity index is 0.000000203. The lowest BCUT2D eigenvalue weighted by Gasteiger charge is -2.14. The third-order valence-corrected chi connectivity index (χ3v) is 4.46. The van der Waals surface area contributed by atoms with Gasteiger partial charge >= 0.3 is 5.97 Å². The Morgan fingerprint density at radius 1 is 1.04 bits per heavy atom. The summed E-state index contributed by atoms with van der Waals surface area (Å²) in [6, 6.07) is 23.0. The smallest absolute Gasteiger partial charge is 0.341 e. The monoisotopic (exact) mass is 417 g/mol. The summed E-state index contributed by atoms with van der Waals surface area (Å²) in [5.41, 5.74) is 9.82. The number of carbonyl (C=O) groups is 1. The highest BCUT2D eigenvalue weighted by atomic mass is 35.5. The first-order chi connectivity index (χ1) is 13.4. The van der Waals surface area contributed by atoms with Gasteiger partial charge in [-0.15, -0.1) is 0 Å². The molecule has 0 saturated heterocycles. The molecule has 1 atom stereocenters. The Bertz CT molecular complexity index is 917. The van der Waals surface area contributed by atoms with E-state index in [1.807, 2.05) is 30.3 Å². The molecule has 28 heavy (non-hydrogen) atoms. The Morgan fingerprint density at radius 3 is 2.29 bits per heavy atom. The quantitative estimate of drug-likeness (QED) is 0.574. The van der Waals surface area contributed by atoms with Crippen molar-refractivity contribution in [2.75, 3.05) is 6.61 Å². The van der Waals surface area contributed by atoms with Crippen molar-refractivity contribution in [2.24, 2.45) is 5.73 Å². The van der Waals surface area contributed by atoms with Crippen LogP contribution in [0.5, 0.6) is 5.75 Å². The van der Waals surface area contributed by atoms with Crippen LogP contribution >= 0.6 is 23.2 Å². The molecule has 0 bridgehead atoms. The van der Waals surface area contributed by atoms with E-state index >= 15 is 0 Å². The molecule has 0 aliphatic carbocycles. The Hall–Kier alpha value is -2.53. The van der Waals surface area contributed by atoms with E-state index in [2.05, 4.69) is 31.2 Å². The van der Waals surface area contributed by atoms with Gasteiger partial charge in [-0.05, 0) is 41.8 Å². The lowest BCUT2D eigenvalue weighted by molar-refractivity contribution is -0.139. The Kier molecular flexibility index (Phi) is 8.33. The molecule has 0 spiro atoms. The SMILES string of the molecule is Cc1ccccc1[C@@H](N)c1ccccc1.O=C(O)COc1ccc(Cl)cc1Cl. The molecule has 3 rings (SSSR count). The average molecular weight is 418 g/mol. The van der Waals surface area contributed by atoms with Crippen molar-refractivity contribution in [3.05, 3.63) is 99.5 Å². The number of aliphatic carboxylic acids is 1. The van der Waals surface area contributed by atoms with Gasteiger partial charge in [-0.1, -0.05) is 77.8 Å². The minimum atomic E-state index is -1.05. The molecule has 0 unspecified atom stereocenters. The van der Waals surface area contributed by atoms with Gasteiger partial charge < -0.3 is 15.6 Å². The van der Waals surface area contributed by atoms with Crippen molar-refractivity contribution >= 4 is 29.2 Å². The second kappa shape index (κ2) is 10.7. The van der Waals surface area contributed by atoms with Crippen LogP contribution in [0.3, 0.4) is 0 Å². The van der Waals surface area contributed by atoms with Gasteiger partial charge in [-0.3, -0.25) is 0 Å². The van der Waals surface area contributed by atoms with Gasteiger partial charge in [0, 0.05) is 5.02 Å². The molecule has 6 heteroatoms. The van der Waals surface area contributed by atoms with Crippen molar-refractivity contribution < 1.29 is 14.6 Å². The molecule has 0 aromatic heterocycles. The van der Waals surface area contributed by atoms with Gasteiger partial charge in [0.05, 0.1) is 11.1 Å². The maximum atomic E-state index is 10.2. The standard InChI is InChI=1S/C14H15N.C8H6Cl2O3/c1-11-7-5-6-10-13(11)14(15)12-8-3-2-4-9-12;9-5-1-2-7(6(10)3-5)13-4-8(11)12/h2-10,14H,15H2,1H3;1-3H,4H2,(H,11,12)/t14-;/m0./s1. The van der Waals surface area contributed by atoms with E-state index in [9.17, 15) is 4.79 Å². The number of carboxylic acid groups (broad SMARTS) is 1. The molecule has 3 aromatic carbocycles. The maximum Gasteiger partial charge on any atom is 0.341 e. The number of benzene rings is 3. The molecule has 0 aliphatic rings. The predicted octanol–water partition coefficient (Wildman–Crippen LogP) is 5.50. The molecule has 146 valence electrons. The van der Waals surface area contributed by atoms with Crippen LogP contribution < -0.4 is 10.5 Å². The van der Waals surface area contributed by atoms with Gasteiger partial charge in [0.2, 0.25) is 0 Å². The molecule has 0 radical (unpaired) electrons. The summed E-state index contributed by atoms with van der Waals surface area (Å²) in [4.78, 5) is 10.2. The number of ether oxygens (including phenoxy) is 1. The molecule has 0 saturated carbocycles. The van der Waals surface area contributed by atoms with Crippen LogP contribution in [0.2, 0.25) is 10.0 Å². The summed E-state index contributed by atoms with van der Waals surface area (Å²) in [7, 11) is 0. The minimum absolute atomic E-state index is 0.0209. The fourth-order valence-corrected chi connectivity index (χ4v) is 2.97. The average Bonchev–Trinajstić information content (AvgIpc) is 2.68. The van der Waals surface area contributed by atoms with E-state index in [-0.39, 0.29) is 6.04 Å². The zero-order valence-corrected chi connectivity index (χ0v) is 16.8. The summed E-state index contributed by atoms with van der Waals surface area (Å²) in [6.07, 6.45) is 0. The van der Waals surface area contributed by atoms with Gasteiger partial charge in [0.1, 0.15) is 5.75 Å². The van der Waals surface area contributed by atoms with E-state index in [4.69, 9.17) is 38.8 Å². The number of halogens is 2. The molecule has 3 aromatic rings. The summed E-state index contributed by atoms with van der Waals surface area (Å²) >= 11 is 11.3. The van der Waals surface area contributed by atoms with Crippen LogP contribution in [0.15, 0.2) is 72.8 Å². The van der Waals surface area contributed by atoms with Crippen molar-refractivity contribution in [1.29, 1.82) is 0 Å². The maximum absolute atomic E-state index is 10.2. The molecular formula is C22H21Cl2NO3. The van der Waals surface area contributed by atoms with E-state index in [1.54, 1.807) is 6.07 Å². The topological polar surface area (TPSA) is 72.6 Å². The van der Waals surface area contributed by atoms with Crippen LogP contribution in [0.4, 0.5) is 0 Å². The van der Waals surface area contributed by atoms with Gasteiger partial charge in [-0.25, -0.2) is 4.79 Å². The summed E-state index contributed by atoms with van der Waals surface area (Å²) in [5, 5.41) is 9.11. The lowest BCUT2D eigenvalue weighted by Crippen LogP contribution is -2.12. The second-order valence-electron chi connectivity index (χ2n) is 6.00. The second-order valence-corrected chi connectivity index (χ2v) is 6.85. The number of hydrogen-bond acceptors (Lipinski definition) is 3. The molecule has 0 fully saturated rings. The highest BCUT2D eigenvalue weighted by Crippen LogP contribution is 2.27. The number of rotatable bonds is 5. The van der Waals surface area contributed by atoms with Gasteiger partial charge in [-0.2, -0.15) is 0 Å². The number of aryl methyl sites for hydroxylation is 1. The molecule has 0 amide bonds. The number of hydrogen-bond donors (Lipinski definition) is 2. The summed E-state index contributed by atoms with van der Waals surface area (Å²) < 4.78 is 4.86. The summed E-state index contributed by atoms with van der Waals surface area (Å²) in [5.74, 6) is -0.737. The lowest BCUT2D eigenvalue weighted by atomic mass is 9.96. The molecule has 3 N–H and O–H groups in total.